The maximum Gasteiger partial charge on any atom is 0.272 e. The van der Waals surface area contributed by atoms with Crippen LogP contribution in [0.15, 0.2) is 18.3 Å². The van der Waals surface area contributed by atoms with E-state index in [2.05, 4.69) is 4.98 Å². The molecule has 0 spiro atoms. The molecule has 5 nitrogen and oxygen atoms in total. The molecule has 2 atom stereocenters. The summed E-state index contributed by atoms with van der Waals surface area (Å²) >= 11 is 0. The van der Waals surface area contributed by atoms with Crippen LogP contribution in [0.1, 0.15) is 23.8 Å². The lowest BCUT2D eigenvalue weighted by Crippen LogP contribution is -2.31. The number of likely N-dealkylation sites (tertiary alicyclic amines) is 1. The minimum absolute atomic E-state index is 0.111. The van der Waals surface area contributed by atoms with Crippen molar-refractivity contribution in [3.8, 4) is 0 Å². The third-order valence-corrected chi connectivity index (χ3v) is 3.20. The summed E-state index contributed by atoms with van der Waals surface area (Å²) in [6.07, 6.45) is 2.00. The second-order valence-corrected chi connectivity index (χ2v) is 4.51. The molecule has 1 aromatic heterocycles. The minimum atomic E-state index is -0.374. The van der Waals surface area contributed by atoms with Gasteiger partial charge in [-0.3, -0.25) is 9.78 Å². The molecule has 0 radical (unpaired) electrons. The average molecular weight is 235 g/mol. The lowest BCUT2D eigenvalue weighted by molar-refractivity contribution is 0.0757. The first-order chi connectivity index (χ1) is 8.08. The summed E-state index contributed by atoms with van der Waals surface area (Å²) in [5, 5.41) is 9.49. The Hall–Kier alpha value is -1.62. The van der Waals surface area contributed by atoms with Gasteiger partial charge in [0.1, 0.15) is 5.69 Å². The zero-order valence-electron chi connectivity index (χ0n) is 9.84. The molecule has 2 rings (SSSR count). The first-order valence-electron chi connectivity index (χ1n) is 5.77. The van der Waals surface area contributed by atoms with Crippen LogP contribution in [0.5, 0.6) is 0 Å². The topological polar surface area (TPSA) is 79.5 Å². The molecular weight excluding hydrogens is 218 g/mol. The zero-order valence-corrected chi connectivity index (χ0v) is 9.84. The molecule has 1 amide bonds. The van der Waals surface area contributed by atoms with Crippen LogP contribution < -0.4 is 5.73 Å². The largest absolute Gasteiger partial charge is 0.399 e. The number of pyridine rings is 1. The highest BCUT2D eigenvalue weighted by atomic mass is 16.3. The lowest BCUT2D eigenvalue weighted by atomic mass is 10.0. The number of carbonyl (C=O) groups is 1. The van der Waals surface area contributed by atoms with E-state index in [1.165, 1.54) is 6.20 Å². The molecule has 0 bridgehead atoms. The summed E-state index contributed by atoms with van der Waals surface area (Å²) in [4.78, 5) is 17.8. The summed E-state index contributed by atoms with van der Waals surface area (Å²) in [5.74, 6) is 0.0560. The number of aliphatic hydroxyl groups excluding tert-OH is 1. The summed E-state index contributed by atoms with van der Waals surface area (Å²) < 4.78 is 0. The van der Waals surface area contributed by atoms with Gasteiger partial charge in [-0.2, -0.15) is 0 Å². The van der Waals surface area contributed by atoms with E-state index in [4.69, 9.17) is 5.73 Å². The van der Waals surface area contributed by atoms with Crippen LogP contribution in [0.4, 0.5) is 5.69 Å². The second-order valence-electron chi connectivity index (χ2n) is 4.51. The number of rotatable bonds is 2. The summed E-state index contributed by atoms with van der Waals surface area (Å²) in [7, 11) is 0. The van der Waals surface area contributed by atoms with Crippen molar-refractivity contribution < 1.29 is 9.90 Å². The molecule has 1 aromatic rings. The molecule has 92 valence electrons. The summed E-state index contributed by atoms with van der Waals surface area (Å²) in [5.41, 5.74) is 6.53. The SMILES string of the molecule is CC(O)C1CCN(C(=O)c2cc(N)ccn2)C1. The van der Waals surface area contributed by atoms with Crippen molar-refractivity contribution in [2.24, 2.45) is 5.92 Å². The third kappa shape index (κ3) is 2.55. The predicted octanol–water partition coefficient (Wildman–Crippen LogP) is 0.507. The van der Waals surface area contributed by atoms with Crippen molar-refractivity contribution >= 4 is 11.6 Å². The van der Waals surface area contributed by atoms with Crippen molar-refractivity contribution in [2.45, 2.75) is 19.4 Å². The van der Waals surface area contributed by atoms with Crippen molar-refractivity contribution in [1.29, 1.82) is 0 Å². The molecule has 5 heteroatoms. The van der Waals surface area contributed by atoms with E-state index >= 15 is 0 Å². The Morgan fingerprint density at radius 2 is 2.47 bits per heavy atom. The number of nitrogens with two attached hydrogens (primary N) is 1. The molecule has 1 aliphatic heterocycles. The molecule has 3 N–H and O–H groups in total. The van der Waals surface area contributed by atoms with Crippen LogP contribution in [0.3, 0.4) is 0 Å². The highest BCUT2D eigenvalue weighted by molar-refractivity contribution is 5.93. The number of nitrogens with zero attached hydrogens (tertiary/aromatic N) is 2. The first kappa shape index (κ1) is 11.9. The minimum Gasteiger partial charge on any atom is -0.399 e. The number of nitrogen functional groups attached to an aromatic ring is 1. The highest BCUT2D eigenvalue weighted by Crippen LogP contribution is 2.21. The Labute approximate surface area is 100 Å². The van der Waals surface area contributed by atoms with Crippen LogP contribution in [0, 0.1) is 5.92 Å². The van der Waals surface area contributed by atoms with Crippen LogP contribution in [0.25, 0.3) is 0 Å². The van der Waals surface area contributed by atoms with Gasteiger partial charge < -0.3 is 15.7 Å². The highest BCUT2D eigenvalue weighted by Gasteiger charge is 2.29. The lowest BCUT2D eigenvalue weighted by Gasteiger charge is -2.17. The van der Waals surface area contributed by atoms with Gasteiger partial charge in [-0.25, -0.2) is 0 Å². The van der Waals surface area contributed by atoms with Gasteiger partial charge >= 0.3 is 0 Å². The van der Waals surface area contributed by atoms with Gasteiger partial charge in [-0.15, -0.1) is 0 Å². The maximum atomic E-state index is 12.1. The zero-order chi connectivity index (χ0) is 12.4. The van der Waals surface area contributed by atoms with E-state index in [-0.39, 0.29) is 17.9 Å². The van der Waals surface area contributed by atoms with E-state index in [1.54, 1.807) is 24.0 Å². The number of aromatic nitrogens is 1. The van der Waals surface area contributed by atoms with Crippen molar-refractivity contribution in [3.63, 3.8) is 0 Å². The molecule has 2 heterocycles. The monoisotopic (exact) mass is 235 g/mol. The Morgan fingerprint density at radius 3 is 3.06 bits per heavy atom. The number of carbonyl (C=O) groups excluding carboxylic acids is 1. The fourth-order valence-corrected chi connectivity index (χ4v) is 2.09. The number of hydrogen-bond donors (Lipinski definition) is 2. The third-order valence-electron chi connectivity index (χ3n) is 3.20. The molecule has 2 unspecified atom stereocenters. The van der Waals surface area contributed by atoms with Crippen molar-refractivity contribution in [1.82, 2.24) is 9.88 Å². The quantitative estimate of drug-likeness (QED) is 0.782. The van der Waals surface area contributed by atoms with Gasteiger partial charge in [-0.1, -0.05) is 0 Å². The van der Waals surface area contributed by atoms with Crippen molar-refractivity contribution in [2.75, 3.05) is 18.8 Å². The number of aliphatic hydroxyl groups is 1. The molecule has 17 heavy (non-hydrogen) atoms. The fourth-order valence-electron chi connectivity index (χ4n) is 2.09. The fraction of sp³-hybridized carbons (Fsp3) is 0.500. The van der Waals surface area contributed by atoms with Gasteiger partial charge in [0.25, 0.3) is 5.91 Å². The Bertz CT molecular complexity index is 420. The van der Waals surface area contributed by atoms with Crippen LogP contribution in [-0.4, -0.2) is 40.1 Å². The molecule has 1 saturated heterocycles. The number of hydrogen-bond acceptors (Lipinski definition) is 4. The van der Waals surface area contributed by atoms with E-state index in [0.29, 0.717) is 24.5 Å². The van der Waals surface area contributed by atoms with Crippen molar-refractivity contribution in [3.05, 3.63) is 24.0 Å². The number of amides is 1. The Morgan fingerprint density at radius 1 is 1.71 bits per heavy atom. The summed E-state index contributed by atoms with van der Waals surface area (Å²) in [6.45, 7) is 3.02. The Kier molecular flexibility index (Phi) is 3.28. The predicted molar refractivity (Wildman–Crippen MR) is 64.3 cm³/mol. The van der Waals surface area contributed by atoms with Crippen LogP contribution >= 0.6 is 0 Å². The normalized spacial score (nSPS) is 21.5. The molecule has 0 saturated carbocycles. The van der Waals surface area contributed by atoms with E-state index in [9.17, 15) is 9.90 Å². The number of anilines is 1. The standard InChI is InChI=1S/C12H17N3O2/c1-8(16)9-3-5-15(7-9)12(17)11-6-10(13)2-4-14-11/h2,4,6,8-9,16H,3,5,7H2,1H3,(H2,13,14). The second kappa shape index (κ2) is 4.71. The van der Waals surface area contributed by atoms with Gasteiger partial charge in [0, 0.05) is 30.9 Å². The molecule has 0 aliphatic carbocycles. The van der Waals surface area contributed by atoms with E-state index in [0.717, 1.165) is 6.42 Å². The van der Waals surface area contributed by atoms with Crippen LogP contribution in [-0.2, 0) is 0 Å². The van der Waals surface area contributed by atoms with E-state index in [1.807, 2.05) is 0 Å². The first-order valence-corrected chi connectivity index (χ1v) is 5.77. The van der Waals surface area contributed by atoms with Gasteiger partial charge in [0.05, 0.1) is 6.10 Å². The van der Waals surface area contributed by atoms with Gasteiger partial charge in [0.15, 0.2) is 0 Å². The smallest absolute Gasteiger partial charge is 0.272 e. The van der Waals surface area contributed by atoms with Crippen LogP contribution in [0.2, 0.25) is 0 Å². The van der Waals surface area contributed by atoms with E-state index < -0.39 is 0 Å². The molecule has 0 aromatic carbocycles. The summed E-state index contributed by atoms with van der Waals surface area (Å²) in [6, 6.07) is 3.23. The molecular formula is C12H17N3O2. The van der Waals surface area contributed by atoms with Gasteiger partial charge in [-0.05, 0) is 25.5 Å². The average Bonchev–Trinajstić information content (AvgIpc) is 2.77. The van der Waals surface area contributed by atoms with Gasteiger partial charge in [0.2, 0.25) is 0 Å². The Balaban J connectivity index is 2.07. The molecule has 1 aliphatic rings. The maximum absolute atomic E-state index is 12.1. The molecule has 1 fully saturated rings.